The number of carbonyl (C=O) groups is 1. The van der Waals surface area contributed by atoms with Gasteiger partial charge in [-0.05, 0) is 24.6 Å². The lowest BCUT2D eigenvalue weighted by molar-refractivity contribution is -0.384. The molecule has 1 amide bonds. The summed E-state index contributed by atoms with van der Waals surface area (Å²) in [6, 6.07) is 9.52. The Morgan fingerprint density at radius 3 is 2.52 bits per heavy atom. The zero-order chi connectivity index (χ0) is 15.4. The lowest BCUT2D eigenvalue weighted by atomic mass is 10.1. The van der Waals surface area contributed by atoms with Gasteiger partial charge >= 0.3 is 0 Å². The molecule has 0 radical (unpaired) electrons. The van der Waals surface area contributed by atoms with E-state index in [0.29, 0.717) is 4.34 Å². The highest BCUT2D eigenvalue weighted by Crippen LogP contribution is 2.26. The molecule has 0 saturated heterocycles. The molecule has 21 heavy (non-hydrogen) atoms. The van der Waals surface area contributed by atoms with E-state index < -0.39 is 4.92 Å². The molecule has 0 spiro atoms. The van der Waals surface area contributed by atoms with Crippen LogP contribution in [0.25, 0.3) is 0 Å². The lowest BCUT2D eigenvalue weighted by Gasteiger charge is -2.12. The molecule has 0 fully saturated rings. The van der Waals surface area contributed by atoms with Gasteiger partial charge in [0.2, 0.25) is 5.91 Å². The van der Waals surface area contributed by atoms with Crippen LogP contribution in [0.1, 0.15) is 23.4 Å². The van der Waals surface area contributed by atoms with Crippen molar-refractivity contribution in [2.45, 2.75) is 19.4 Å². The van der Waals surface area contributed by atoms with E-state index >= 15 is 0 Å². The number of benzene rings is 1. The van der Waals surface area contributed by atoms with E-state index in [4.69, 9.17) is 11.6 Å². The molecule has 1 atom stereocenters. The summed E-state index contributed by atoms with van der Waals surface area (Å²) in [6.45, 7) is 1.88. The van der Waals surface area contributed by atoms with Gasteiger partial charge in [0.15, 0.2) is 0 Å². The van der Waals surface area contributed by atoms with Crippen molar-refractivity contribution in [1.29, 1.82) is 0 Å². The molecule has 0 saturated carbocycles. The second-order valence-electron chi connectivity index (χ2n) is 4.53. The van der Waals surface area contributed by atoms with Gasteiger partial charge in [-0.1, -0.05) is 23.7 Å². The molecule has 7 heteroatoms. The number of hydrogen-bond acceptors (Lipinski definition) is 4. The fourth-order valence-corrected chi connectivity index (χ4v) is 2.91. The predicted octanol–water partition coefficient (Wildman–Crippen LogP) is 3.73. The largest absolute Gasteiger partial charge is 0.348 e. The van der Waals surface area contributed by atoms with Gasteiger partial charge in [-0.15, -0.1) is 11.3 Å². The molecule has 0 aliphatic heterocycles. The van der Waals surface area contributed by atoms with Gasteiger partial charge in [-0.3, -0.25) is 14.9 Å². The third kappa shape index (κ3) is 4.27. The van der Waals surface area contributed by atoms with E-state index in [9.17, 15) is 14.9 Å². The van der Waals surface area contributed by atoms with Crippen LogP contribution in [0.15, 0.2) is 36.4 Å². The number of halogens is 1. The monoisotopic (exact) mass is 324 g/mol. The highest BCUT2D eigenvalue weighted by molar-refractivity contribution is 7.16. The molecule has 0 aliphatic carbocycles. The Morgan fingerprint density at radius 2 is 2.00 bits per heavy atom. The van der Waals surface area contributed by atoms with Gasteiger partial charge in [0.1, 0.15) is 0 Å². The first-order chi connectivity index (χ1) is 9.95. The van der Waals surface area contributed by atoms with E-state index in [1.54, 1.807) is 18.2 Å². The molecule has 1 aromatic heterocycles. The number of nitrogens with one attached hydrogen (secondary N) is 1. The van der Waals surface area contributed by atoms with Gasteiger partial charge in [0.05, 0.1) is 21.7 Å². The molecule has 1 heterocycles. The van der Waals surface area contributed by atoms with Gasteiger partial charge in [0, 0.05) is 17.0 Å². The molecule has 110 valence electrons. The third-order valence-corrected chi connectivity index (χ3v) is 4.32. The number of thiophene rings is 1. The summed E-state index contributed by atoms with van der Waals surface area (Å²) in [6.07, 6.45) is 0.182. The second kappa shape index (κ2) is 6.69. The predicted molar refractivity (Wildman–Crippen MR) is 82.7 cm³/mol. The minimum Gasteiger partial charge on any atom is -0.348 e. The maximum atomic E-state index is 11.9. The van der Waals surface area contributed by atoms with E-state index in [1.165, 1.54) is 23.5 Å². The van der Waals surface area contributed by atoms with Crippen LogP contribution in [-0.4, -0.2) is 10.8 Å². The summed E-state index contributed by atoms with van der Waals surface area (Å²) in [5, 5.41) is 13.4. The standard InChI is InChI=1S/C14H13ClN2O3S/c1-9(12-6-7-13(15)21-12)16-14(18)8-10-2-4-11(5-3-10)17(19)20/h2-7,9H,8H2,1H3,(H,16,18). The maximum Gasteiger partial charge on any atom is 0.269 e. The van der Waals surface area contributed by atoms with Crippen molar-refractivity contribution in [1.82, 2.24) is 5.32 Å². The highest BCUT2D eigenvalue weighted by Gasteiger charge is 2.12. The maximum absolute atomic E-state index is 11.9. The highest BCUT2D eigenvalue weighted by atomic mass is 35.5. The first-order valence-electron chi connectivity index (χ1n) is 6.23. The minimum atomic E-state index is -0.466. The Hall–Kier alpha value is -1.92. The number of amides is 1. The zero-order valence-corrected chi connectivity index (χ0v) is 12.8. The van der Waals surface area contributed by atoms with Gasteiger partial charge < -0.3 is 5.32 Å². The van der Waals surface area contributed by atoms with E-state index in [2.05, 4.69) is 5.32 Å². The Balaban J connectivity index is 1.93. The van der Waals surface area contributed by atoms with Crippen LogP contribution in [0.2, 0.25) is 4.34 Å². The van der Waals surface area contributed by atoms with E-state index in [0.717, 1.165) is 10.4 Å². The summed E-state index contributed by atoms with van der Waals surface area (Å²) in [5.74, 6) is -0.138. The average molecular weight is 325 g/mol. The SMILES string of the molecule is CC(NC(=O)Cc1ccc([N+](=O)[O-])cc1)c1ccc(Cl)s1. The van der Waals surface area contributed by atoms with Crippen molar-refractivity contribution in [2.75, 3.05) is 0 Å². The molecule has 1 aromatic carbocycles. The summed E-state index contributed by atoms with van der Waals surface area (Å²) in [5.41, 5.74) is 0.746. The number of nitro benzene ring substituents is 1. The molecule has 5 nitrogen and oxygen atoms in total. The second-order valence-corrected chi connectivity index (χ2v) is 6.28. The minimum absolute atomic E-state index is 0.0146. The fraction of sp³-hybridized carbons (Fsp3) is 0.214. The smallest absolute Gasteiger partial charge is 0.269 e. The van der Waals surface area contributed by atoms with Crippen molar-refractivity contribution in [2.24, 2.45) is 0 Å². The molecular formula is C14H13ClN2O3S. The van der Waals surface area contributed by atoms with Crippen LogP contribution in [0, 0.1) is 10.1 Å². The van der Waals surface area contributed by atoms with Crippen molar-refractivity contribution in [3.8, 4) is 0 Å². The Morgan fingerprint density at radius 1 is 1.33 bits per heavy atom. The summed E-state index contributed by atoms with van der Waals surface area (Å²) < 4.78 is 0.682. The fourth-order valence-electron chi connectivity index (χ4n) is 1.85. The van der Waals surface area contributed by atoms with Gasteiger partial charge in [-0.25, -0.2) is 0 Å². The number of nitro groups is 1. The third-order valence-electron chi connectivity index (χ3n) is 2.91. The molecular weight excluding hydrogens is 312 g/mol. The number of rotatable bonds is 5. The topological polar surface area (TPSA) is 72.2 Å². The number of carbonyl (C=O) groups excluding carboxylic acids is 1. The quantitative estimate of drug-likeness (QED) is 0.672. The van der Waals surface area contributed by atoms with Crippen molar-refractivity contribution >= 4 is 34.5 Å². The molecule has 2 aromatic rings. The Kier molecular flexibility index (Phi) is 4.93. The first-order valence-corrected chi connectivity index (χ1v) is 7.43. The van der Waals surface area contributed by atoms with Crippen LogP contribution >= 0.6 is 22.9 Å². The number of non-ortho nitro benzene ring substituents is 1. The van der Waals surface area contributed by atoms with E-state index in [1.807, 2.05) is 13.0 Å². The Labute approximate surface area is 130 Å². The van der Waals surface area contributed by atoms with Crippen LogP contribution in [0.5, 0.6) is 0 Å². The molecule has 1 N–H and O–H groups in total. The van der Waals surface area contributed by atoms with Crippen molar-refractivity contribution < 1.29 is 9.72 Å². The number of hydrogen-bond donors (Lipinski definition) is 1. The molecule has 2 rings (SSSR count). The van der Waals surface area contributed by atoms with Gasteiger partial charge in [-0.2, -0.15) is 0 Å². The first kappa shape index (κ1) is 15.5. The Bertz CT molecular complexity index is 654. The van der Waals surface area contributed by atoms with Crippen molar-refractivity contribution in [3.05, 3.63) is 61.3 Å². The number of nitrogens with zero attached hydrogens (tertiary/aromatic N) is 1. The summed E-state index contributed by atoms with van der Waals surface area (Å²) in [7, 11) is 0. The van der Waals surface area contributed by atoms with Crippen LogP contribution in [0.3, 0.4) is 0 Å². The lowest BCUT2D eigenvalue weighted by Crippen LogP contribution is -2.27. The summed E-state index contributed by atoms with van der Waals surface area (Å²) in [4.78, 5) is 23.0. The van der Waals surface area contributed by atoms with E-state index in [-0.39, 0.29) is 24.1 Å². The average Bonchev–Trinajstić information content (AvgIpc) is 2.86. The summed E-state index contributed by atoms with van der Waals surface area (Å²) >= 11 is 7.29. The van der Waals surface area contributed by atoms with Crippen LogP contribution in [0.4, 0.5) is 5.69 Å². The zero-order valence-electron chi connectivity index (χ0n) is 11.2. The van der Waals surface area contributed by atoms with Gasteiger partial charge in [0.25, 0.3) is 5.69 Å². The molecule has 1 unspecified atom stereocenters. The molecule has 0 aliphatic rings. The molecule has 0 bridgehead atoms. The normalized spacial score (nSPS) is 11.9. The van der Waals surface area contributed by atoms with Crippen LogP contribution in [-0.2, 0) is 11.2 Å². The van der Waals surface area contributed by atoms with Crippen molar-refractivity contribution in [3.63, 3.8) is 0 Å². The van der Waals surface area contributed by atoms with Crippen LogP contribution < -0.4 is 5.32 Å².